The van der Waals surface area contributed by atoms with Crippen molar-refractivity contribution in [2.75, 3.05) is 7.11 Å². The summed E-state index contributed by atoms with van der Waals surface area (Å²) in [6.07, 6.45) is -6.23. The first-order valence-electron chi connectivity index (χ1n) is 4.83. The molecule has 4 nitrogen and oxygen atoms in total. The summed E-state index contributed by atoms with van der Waals surface area (Å²) in [6, 6.07) is 0. The zero-order valence-electron chi connectivity index (χ0n) is 10.1. The summed E-state index contributed by atoms with van der Waals surface area (Å²) in [7, 11) is 0.913. The highest BCUT2D eigenvalue weighted by Crippen LogP contribution is 2.27. The van der Waals surface area contributed by atoms with E-state index >= 15 is 0 Å². The fraction of sp³-hybridized carbons (Fsp3) is 0.800. The monoisotopic (exact) mass is 256 g/mol. The van der Waals surface area contributed by atoms with Crippen molar-refractivity contribution in [3.05, 3.63) is 0 Å². The first-order chi connectivity index (χ1) is 7.46. The lowest BCUT2D eigenvalue weighted by molar-refractivity contribution is -0.184. The highest BCUT2D eigenvalue weighted by atomic mass is 19.4. The van der Waals surface area contributed by atoms with E-state index in [1.165, 1.54) is 20.8 Å². The Hall–Kier alpha value is -1.27. The summed E-state index contributed by atoms with van der Waals surface area (Å²) < 4.78 is 45.4. The van der Waals surface area contributed by atoms with Gasteiger partial charge >= 0.3 is 18.1 Å². The van der Waals surface area contributed by atoms with E-state index in [1.807, 2.05) is 0 Å². The molecule has 0 aromatic rings. The third-order valence-electron chi connectivity index (χ3n) is 1.61. The molecule has 0 aromatic carbocycles. The molecule has 0 rings (SSSR count). The normalized spacial score (nSPS) is 14.1. The zero-order valence-corrected chi connectivity index (χ0v) is 10.1. The van der Waals surface area contributed by atoms with Crippen LogP contribution in [0.4, 0.5) is 13.2 Å². The van der Waals surface area contributed by atoms with Crippen molar-refractivity contribution in [3.63, 3.8) is 0 Å². The molecule has 0 amide bonds. The van der Waals surface area contributed by atoms with Gasteiger partial charge in [0.2, 0.25) is 0 Å². The van der Waals surface area contributed by atoms with Crippen molar-refractivity contribution < 1.29 is 32.2 Å². The van der Waals surface area contributed by atoms with Gasteiger partial charge in [-0.25, -0.2) is 0 Å². The van der Waals surface area contributed by atoms with Gasteiger partial charge in [-0.2, -0.15) is 13.2 Å². The molecule has 0 aliphatic carbocycles. The second kappa shape index (κ2) is 5.37. The van der Waals surface area contributed by atoms with Crippen LogP contribution >= 0.6 is 0 Å². The zero-order chi connectivity index (χ0) is 13.9. The van der Waals surface area contributed by atoms with Crippen LogP contribution in [0.1, 0.15) is 27.2 Å². The van der Waals surface area contributed by atoms with Gasteiger partial charge in [0, 0.05) is 0 Å². The number of methoxy groups -OCH3 is 1. The maximum absolute atomic E-state index is 12.2. The van der Waals surface area contributed by atoms with E-state index in [0.29, 0.717) is 0 Å². The SMILES string of the molecule is COC(=O)C(CC(F)(F)F)C(=O)OC(C)(C)C. The standard InChI is InChI=1S/C10H15F3O4/c1-9(2,3)17-8(15)6(7(14)16-4)5-10(11,12)13/h6H,5H2,1-4H3. The molecule has 100 valence electrons. The molecule has 0 fully saturated rings. The van der Waals surface area contributed by atoms with Crippen LogP contribution in [-0.2, 0) is 19.1 Å². The third kappa shape index (κ3) is 6.80. The van der Waals surface area contributed by atoms with Crippen LogP contribution in [-0.4, -0.2) is 30.8 Å². The fourth-order valence-corrected chi connectivity index (χ4v) is 1.01. The molecule has 17 heavy (non-hydrogen) atoms. The smallest absolute Gasteiger partial charge is 0.390 e. The van der Waals surface area contributed by atoms with Crippen LogP contribution in [0.2, 0.25) is 0 Å². The van der Waals surface area contributed by atoms with E-state index in [-0.39, 0.29) is 0 Å². The van der Waals surface area contributed by atoms with E-state index in [0.717, 1.165) is 7.11 Å². The first kappa shape index (κ1) is 15.7. The molecule has 7 heteroatoms. The topological polar surface area (TPSA) is 52.6 Å². The number of alkyl halides is 3. The molecular formula is C10H15F3O4. The average molecular weight is 256 g/mol. The Morgan fingerprint density at radius 1 is 1.12 bits per heavy atom. The summed E-state index contributed by atoms with van der Waals surface area (Å²) in [5, 5.41) is 0. The van der Waals surface area contributed by atoms with Gasteiger partial charge < -0.3 is 9.47 Å². The van der Waals surface area contributed by atoms with Crippen molar-refractivity contribution in [3.8, 4) is 0 Å². The maximum Gasteiger partial charge on any atom is 0.390 e. The summed E-state index contributed by atoms with van der Waals surface area (Å²) in [6.45, 7) is 4.48. The van der Waals surface area contributed by atoms with Gasteiger partial charge in [-0.1, -0.05) is 0 Å². The predicted molar refractivity (Wildman–Crippen MR) is 52.0 cm³/mol. The Morgan fingerprint density at radius 3 is 1.88 bits per heavy atom. The third-order valence-corrected chi connectivity index (χ3v) is 1.61. The van der Waals surface area contributed by atoms with Crippen molar-refractivity contribution in [2.24, 2.45) is 5.92 Å². The molecule has 0 heterocycles. The van der Waals surface area contributed by atoms with Crippen molar-refractivity contribution in [1.82, 2.24) is 0 Å². The number of hydrogen-bond acceptors (Lipinski definition) is 4. The van der Waals surface area contributed by atoms with E-state index in [4.69, 9.17) is 4.74 Å². The Bertz CT molecular complexity index is 291. The van der Waals surface area contributed by atoms with Crippen LogP contribution in [0.25, 0.3) is 0 Å². The second-order valence-electron chi connectivity index (χ2n) is 4.43. The van der Waals surface area contributed by atoms with Crippen LogP contribution in [0.15, 0.2) is 0 Å². The van der Waals surface area contributed by atoms with Crippen molar-refractivity contribution in [1.29, 1.82) is 0 Å². The first-order valence-corrected chi connectivity index (χ1v) is 4.83. The molecule has 1 unspecified atom stereocenters. The van der Waals surface area contributed by atoms with Gasteiger partial charge in [0.15, 0.2) is 5.92 Å². The molecule has 0 saturated carbocycles. The van der Waals surface area contributed by atoms with Gasteiger partial charge in [-0.15, -0.1) is 0 Å². The summed E-state index contributed by atoms with van der Waals surface area (Å²) in [5.74, 6) is -4.46. The Balaban J connectivity index is 4.82. The quantitative estimate of drug-likeness (QED) is 0.573. The minimum atomic E-state index is -4.64. The Morgan fingerprint density at radius 2 is 1.59 bits per heavy atom. The Labute approximate surface area is 97.1 Å². The summed E-state index contributed by atoms with van der Waals surface area (Å²) in [5.41, 5.74) is -0.963. The molecule has 0 aromatic heterocycles. The van der Waals surface area contributed by atoms with Crippen LogP contribution in [0.5, 0.6) is 0 Å². The van der Waals surface area contributed by atoms with Gasteiger partial charge in [0.25, 0.3) is 0 Å². The van der Waals surface area contributed by atoms with Crippen molar-refractivity contribution in [2.45, 2.75) is 39.0 Å². The second-order valence-corrected chi connectivity index (χ2v) is 4.43. The number of esters is 2. The lowest BCUT2D eigenvalue weighted by Crippen LogP contribution is -2.36. The lowest BCUT2D eigenvalue weighted by Gasteiger charge is -2.23. The number of carbonyl (C=O) groups excluding carboxylic acids is 2. The van der Waals surface area contributed by atoms with E-state index < -0.39 is 36.1 Å². The number of halogens is 3. The molecule has 0 bridgehead atoms. The van der Waals surface area contributed by atoms with Gasteiger partial charge in [-0.3, -0.25) is 9.59 Å². The van der Waals surface area contributed by atoms with E-state index in [9.17, 15) is 22.8 Å². The molecule has 0 aliphatic heterocycles. The van der Waals surface area contributed by atoms with Crippen LogP contribution in [0.3, 0.4) is 0 Å². The molecule has 0 saturated heterocycles. The van der Waals surface area contributed by atoms with Gasteiger partial charge in [-0.05, 0) is 20.8 Å². The number of hydrogen-bond donors (Lipinski definition) is 0. The average Bonchev–Trinajstić information content (AvgIpc) is 2.08. The van der Waals surface area contributed by atoms with Crippen LogP contribution in [0, 0.1) is 5.92 Å². The predicted octanol–water partition coefficient (Wildman–Crippen LogP) is 2.07. The van der Waals surface area contributed by atoms with Crippen LogP contribution < -0.4 is 0 Å². The molecule has 0 radical (unpaired) electrons. The highest BCUT2D eigenvalue weighted by molar-refractivity contribution is 5.95. The summed E-state index contributed by atoms with van der Waals surface area (Å²) >= 11 is 0. The minimum Gasteiger partial charge on any atom is -0.468 e. The minimum absolute atomic E-state index is 0.913. The highest BCUT2D eigenvalue weighted by Gasteiger charge is 2.42. The maximum atomic E-state index is 12.2. The molecule has 0 aliphatic rings. The lowest BCUT2D eigenvalue weighted by atomic mass is 10.1. The number of ether oxygens (including phenoxy) is 2. The van der Waals surface area contributed by atoms with Gasteiger partial charge in [0.1, 0.15) is 5.60 Å². The molecular weight excluding hydrogens is 241 g/mol. The number of carbonyl (C=O) groups is 2. The summed E-state index contributed by atoms with van der Waals surface area (Å²) in [4.78, 5) is 22.5. The molecule has 0 N–H and O–H groups in total. The van der Waals surface area contributed by atoms with Gasteiger partial charge in [0.05, 0.1) is 13.5 Å². The largest absolute Gasteiger partial charge is 0.468 e. The molecule has 1 atom stereocenters. The van der Waals surface area contributed by atoms with Crippen molar-refractivity contribution >= 4 is 11.9 Å². The fourth-order valence-electron chi connectivity index (χ4n) is 1.01. The number of rotatable bonds is 3. The van der Waals surface area contributed by atoms with E-state index in [2.05, 4.69) is 4.74 Å². The molecule has 0 spiro atoms. The Kier molecular flexibility index (Phi) is 4.97. The van der Waals surface area contributed by atoms with E-state index in [1.54, 1.807) is 0 Å².